The molecule has 0 bridgehead atoms. The van der Waals surface area contributed by atoms with Crippen molar-refractivity contribution in [2.75, 3.05) is 7.11 Å². The van der Waals surface area contributed by atoms with Gasteiger partial charge in [0, 0.05) is 18.0 Å². The van der Waals surface area contributed by atoms with Crippen LogP contribution in [0.2, 0.25) is 0 Å². The van der Waals surface area contributed by atoms with Gasteiger partial charge in [-0.25, -0.2) is 0 Å². The van der Waals surface area contributed by atoms with Crippen LogP contribution < -0.4 is 4.74 Å². The molecule has 2 heterocycles. The van der Waals surface area contributed by atoms with Crippen molar-refractivity contribution in [2.24, 2.45) is 0 Å². The number of nitrogens with zero attached hydrogens (tertiary/aromatic N) is 2. The molecule has 0 saturated heterocycles. The highest BCUT2D eigenvalue weighted by molar-refractivity contribution is 5.30. The van der Waals surface area contributed by atoms with Crippen LogP contribution in [0.4, 0.5) is 0 Å². The van der Waals surface area contributed by atoms with E-state index in [9.17, 15) is 5.11 Å². The number of methoxy groups -OCH3 is 1. The topological polar surface area (TPSA) is 55.2 Å². The Hall–Kier alpha value is -1.94. The van der Waals surface area contributed by atoms with Crippen LogP contribution >= 0.6 is 0 Å². The predicted molar refractivity (Wildman–Crippen MR) is 63.8 cm³/mol. The van der Waals surface area contributed by atoms with Gasteiger partial charge in [-0.15, -0.1) is 0 Å². The summed E-state index contributed by atoms with van der Waals surface area (Å²) in [4.78, 5) is 8.16. The fraction of sp³-hybridized carbons (Fsp3) is 0.231. The molecule has 0 amide bonds. The summed E-state index contributed by atoms with van der Waals surface area (Å²) in [6.07, 6.45) is 4.11. The summed E-state index contributed by atoms with van der Waals surface area (Å²) < 4.78 is 5.07. The summed E-state index contributed by atoms with van der Waals surface area (Å²) in [5.74, 6) is 0.620. The molecular weight excluding hydrogens is 216 g/mol. The smallest absolute Gasteiger partial charge is 0.137 e. The van der Waals surface area contributed by atoms with Gasteiger partial charge in [-0.05, 0) is 30.7 Å². The number of aliphatic hydroxyl groups is 1. The summed E-state index contributed by atoms with van der Waals surface area (Å²) >= 11 is 0. The second kappa shape index (κ2) is 4.93. The van der Waals surface area contributed by atoms with Crippen molar-refractivity contribution in [3.8, 4) is 5.75 Å². The molecule has 0 aliphatic carbocycles. The molecule has 4 heteroatoms. The first-order valence-electron chi connectivity index (χ1n) is 5.30. The van der Waals surface area contributed by atoms with Crippen molar-refractivity contribution in [1.29, 1.82) is 0 Å². The van der Waals surface area contributed by atoms with Gasteiger partial charge in [0.25, 0.3) is 0 Å². The Morgan fingerprint density at radius 3 is 2.82 bits per heavy atom. The average molecular weight is 230 g/mol. The van der Waals surface area contributed by atoms with Crippen molar-refractivity contribution in [1.82, 2.24) is 9.97 Å². The first-order chi connectivity index (χ1) is 8.20. The number of aliphatic hydroxyl groups excluding tert-OH is 1. The summed E-state index contributed by atoms with van der Waals surface area (Å²) in [6.45, 7) is 1.96. The predicted octanol–water partition coefficient (Wildman–Crippen LogP) is 1.88. The van der Waals surface area contributed by atoms with Crippen LogP contribution in [-0.2, 0) is 0 Å². The van der Waals surface area contributed by atoms with Gasteiger partial charge in [-0.3, -0.25) is 9.97 Å². The van der Waals surface area contributed by atoms with Crippen LogP contribution in [0.3, 0.4) is 0 Å². The zero-order valence-corrected chi connectivity index (χ0v) is 9.79. The van der Waals surface area contributed by atoms with Crippen molar-refractivity contribution >= 4 is 0 Å². The maximum Gasteiger partial charge on any atom is 0.137 e. The molecule has 0 spiro atoms. The van der Waals surface area contributed by atoms with Crippen LogP contribution in [0, 0.1) is 6.92 Å². The maximum atomic E-state index is 10.2. The van der Waals surface area contributed by atoms with Gasteiger partial charge in [0.2, 0.25) is 0 Å². The minimum atomic E-state index is -0.780. The number of pyridine rings is 2. The molecule has 2 rings (SSSR count). The highest BCUT2D eigenvalue weighted by Gasteiger charge is 2.13. The van der Waals surface area contributed by atoms with E-state index in [1.165, 1.54) is 0 Å². The Morgan fingerprint density at radius 2 is 2.12 bits per heavy atom. The number of aryl methyl sites for hydroxylation is 1. The summed E-state index contributed by atoms with van der Waals surface area (Å²) in [5.41, 5.74) is 2.34. The van der Waals surface area contributed by atoms with Gasteiger partial charge in [0.05, 0.1) is 19.0 Å². The summed E-state index contributed by atoms with van der Waals surface area (Å²) in [7, 11) is 1.57. The van der Waals surface area contributed by atoms with E-state index < -0.39 is 6.10 Å². The lowest BCUT2D eigenvalue weighted by molar-refractivity contribution is 0.214. The first-order valence-corrected chi connectivity index (χ1v) is 5.30. The van der Waals surface area contributed by atoms with Crippen molar-refractivity contribution < 1.29 is 9.84 Å². The molecule has 17 heavy (non-hydrogen) atoms. The van der Waals surface area contributed by atoms with Crippen LogP contribution in [0.5, 0.6) is 5.75 Å². The largest absolute Gasteiger partial charge is 0.495 e. The van der Waals surface area contributed by atoms with Crippen LogP contribution in [-0.4, -0.2) is 22.2 Å². The molecule has 1 atom stereocenters. The van der Waals surface area contributed by atoms with E-state index in [1.807, 2.05) is 19.1 Å². The molecule has 2 aromatic heterocycles. The Morgan fingerprint density at radius 1 is 1.29 bits per heavy atom. The zero-order valence-electron chi connectivity index (χ0n) is 9.79. The monoisotopic (exact) mass is 230 g/mol. The van der Waals surface area contributed by atoms with Gasteiger partial charge < -0.3 is 9.84 Å². The minimum Gasteiger partial charge on any atom is -0.495 e. The number of aromatic nitrogens is 2. The first kappa shape index (κ1) is 11.5. The van der Waals surface area contributed by atoms with Gasteiger partial charge in [-0.1, -0.05) is 0 Å². The number of rotatable bonds is 3. The van der Waals surface area contributed by atoms with Gasteiger partial charge in [0.1, 0.15) is 11.9 Å². The van der Waals surface area contributed by atoms with E-state index in [0.29, 0.717) is 17.0 Å². The third-order valence-corrected chi connectivity index (χ3v) is 2.50. The van der Waals surface area contributed by atoms with Crippen LogP contribution in [0.15, 0.2) is 36.8 Å². The summed E-state index contributed by atoms with van der Waals surface area (Å²) in [6, 6.07) is 5.49. The van der Waals surface area contributed by atoms with E-state index in [4.69, 9.17) is 4.74 Å². The molecule has 0 radical (unpaired) electrons. The molecule has 2 aromatic rings. The van der Waals surface area contributed by atoms with Crippen molar-refractivity contribution in [3.63, 3.8) is 0 Å². The van der Waals surface area contributed by atoms with E-state index >= 15 is 0 Å². The molecule has 0 aromatic carbocycles. The summed E-state index contributed by atoms with van der Waals surface area (Å²) in [5, 5.41) is 10.2. The normalized spacial score (nSPS) is 12.2. The van der Waals surface area contributed by atoms with Crippen molar-refractivity contribution in [3.05, 3.63) is 53.6 Å². The highest BCUT2D eigenvalue weighted by atomic mass is 16.5. The average Bonchev–Trinajstić information content (AvgIpc) is 2.38. The number of hydrogen-bond acceptors (Lipinski definition) is 4. The highest BCUT2D eigenvalue weighted by Crippen LogP contribution is 2.22. The van der Waals surface area contributed by atoms with E-state index in [2.05, 4.69) is 9.97 Å². The quantitative estimate of drug-likeness (QED) is 0.874. The Kier molecular flexibility index (Phi) is 3.35. The van der Waals surface area contributed by atoms with Crippen LogP contribution in [0.25, 0.3) is 0 Å². The Balaban J connectivity index is 2.33. The number of hydrogen-bond donors (Lipinski definition) is 1. The molecular formula is C13H14N2O2. The van der Waals surface area contributed by atoms with Crippen molar-refractivity contribution in [2.45, 2.75) is 13.0 Å². The molecule has 1 N–H and O–H groups in total. The maximum absolute atomic E-state index is 10.2. The molecule has 88 valence electrons. The SMILES string of the molecule is COc1cncc(C(O)c2cc(C)ccn2)c1. The standard InChI is InChI=1S/C13H14N2O2/c1-9-3-4-15-12(5-9)13(16)10-6-11(17-2)8-14-7-10/h3-8,13,16H,1-2H3. The molecule has 4 nitrogen and oxygen atoms in total. The fourth-order valence-corrected chi connectivity index (χ4v) is 1.58. The van der Waals surface area contributed by atoms with E-state index in [0.717, 1.165) is 5.56 Å². The third-order valence-electron chi connectivity index (χ3n) is 2.50. The van der Waals surface area contributed by atoms with Gasteiger partial charge >= 0.3 is 0 Å². The lowest BCUT2D eigenvalue weighted by atomic mass is 10.1. The van der Waals surface area contributed by atoms with E-state index in [1.54, 1.807) is 31.8 Å². The number of ether oxygens (including phenoxy) is 1. The van der Waals surface area contributed by atoms with Crippen LogP contribution in [0.1, 0.15) is 22.9 Å². The lowest BCUT2D eigenvalue weighted by Gasteiger charge is -2.11. The molecule has 0 aliphatic rings. The second-order valence-electron chi connectivity index (χ2n) is 3.82. The minimum absolute atomic E-state index is 0.611. The fourth-order valence-electron chi connectivity index (χ4n) is 1.58. The molecule has 0 fully saturated rings. The molecule has 1 unspecified atom stereocenters. The third kappa shape index (κ3) is 2.60. The second-order valence-corrected chi connectivity index (χ2v) is 3.82. The zero-order chi connectivity index (χ0) is 12.3. The molecule has 0 saturated carbocycles. The Labute approximate surface area is 99.9 Å². The van der Waals surface area contributed by atoms with Gasteiger partial charge in [0.15, 0.2) is 0 Å². The van der Waals surface area contributed by atoms with E-state index in [-0.39, 0.29) is 0 Å². The Bertz CT molecular complexity index is 514. The lowest BCUT2D eigenvalue weighted by Crippen LogP contribution is -2.03. The van der Waals surface area contributed by atoms with Gasteiger partial charge in [-0.2, -0.15) is 0 Å². The molecule has 0 aliphatic heterocycles.